The molecule has 1 aromatic rings. The van der Waals surface area contributed by atoms with Crippen LogP contribution in [0.4, 0.5) is 5.69 Å². The number of allylic oxidation sites excluding steroid dienone is 1. The van der Waals surface area contributed by atoms with Crippen LogP contribution in [0.2, 0.25) is 0 Å². The Morgan fingerprint density at radius 2 is 2.05 bits per heavy atom. The lowest BCUT2D eigenvalue weighted by molar-refractivity contribution is -0.384. The van der Waals surface area contributed by atoms with Gasteiger partial charge in [0.05, 0.1) is 4.92 Å². The first-order valence-corrected chi connectivity index (χ1v) is 7.32. The number of benzene rings is 1. The molecule has 3 rings (SSSR count). The highest BCUT2D eigenvalue weighted by atomic mass is 32.2. The maximum atomic E-state index is 12.0. The van der Waals surface area contributed by atoms with Crippen molar-refractivity contribution in [1.82, 2.24) is 0 Å². The minimum Gasteiger partial charge on any atom is -0.294 e. The Morgan fingerprint density at radius 3 is 2.84 bits per heavy atom. The third-order valence-electron chi connectivity index (χ3n) is 3.61. The number of hydrogen-bond donors (Lipinski definition) is 0. The van der Waals surface area contributed by atoms with E-state index in [9.17, 15) is 14.9 Å². The molecule has 1 aromatic carbocycles. The Labute approximate surface area is 115 Å². The van der Waals surface area contributed by atoms with Crippen LogP contribution in [0.1, 0.15) is 30.4 Å². The number of nitro groups is 1. The number of rotatable bonds is 1. The van der Waals surface area contributed by atoms with Gasteiger partial charge >= 0.3 is 0 Å². The number of ketones is 1. The van der Waals surface area contributed by atoms with Gasteiger partial charge in [0.15, 0.2) is 5.78 Å². The highest BCUT2D eigenvalue weighted by Gasteiger charge is 2.26. The van der Waals surface area contributed by atoms with Gasteiger partial charge in [-0.2, -0.15) is 0 Å². The van der Waals surface area contributed by atoms with E-state index in [-0.39, 0.29) is 16.4 Å². The van der Waals surface area contributed by atoms with Crippen molar-refractivity contribution in [2.75, 3.05) is 5.75 Å². The number of aryl methyl sites for hydroxylation is 1. The van der Waals surface area contributed by atoms with Gasteiger partial charge in [-0.15, -0.1) is 11.8 Å². The highest BCUT2D eigenvalue weighted by molar-refractivity contribution is 8.08. The van der Waals surface area contributed by atoms with E-state index in [0.717, 1.165) is 46.6 Å². The van der Waals surface area contributed by atoms with Crippen molar-refractivity contribution >= 4 is 28.1 Å². The predicted molar refractivity (Wildman–Crippen MR) is 75.0 cm³/mol. The summed E-state index contributed by atoms with van der Waals surface area (Å²) >= 11 is 1.66. The molecule has 98 valence electrons. The van der Waals surface area contributed by atoms with Gasteiger partial charge in [0.2, 0.25) is 0 Å². The average molecular weight is 275 g/mol. The number of Topliss-reactive ketones (excluding diaryl/α,β-unsaturated/α-hetero) is 1. The lowest BCUT2D eigenvalue weighted by atomic mass is 10.0. The predicted octanol–water partition coefficient (Wildman–Crippen LogP) is 3.35. The van der Waals surface area contributed by atoms with Crippen LogP contribution in [0.5, 0.6) is 0 Å². The number of carbonyl (C=O) groups excluding carboxylic acids is 1. The van der Waals surface area contributed by atoms with E-state index >= 15 is 0 Å². The fraction of sp³-hybridized carbons (Fsp3) is 0.357. The highest BCUT2D eigenvalue weighted by Crippen LogP contribution is 2.42. The lowest BCUT2D eigenvalue weighted by Gasteiger charge is -2.18. The van der Waals surface area contributed by atoms with Crippen molar-refractivity contribution in [3.63, 3.8) is 0 Å². The summed E-state index contributed by atoms with van der Waals surface area (Å²) in [6, 6.07) is 5.02. The van der Waals surface area contributed by atoms with Crippen LogP contribution < -0.4 is 0 Å². The summed E-state index contributed by atoms with van der Waals surface area (Å²) in [5.74, 6) is 0.993. The van der Waals surface area contributed by atoms with E-state index in [1.54, 1.807) is 23.9 Å². The molecule has 0 amide bonds. The molecule has 5 heteroatoms. The number of thioether (sulfide) groups is 1. The Hall–Kier alpha value is -1.62. The van der Waals surface area contributed by atoms with Crippen molar-refractivity contribution < 1.29 is 9.72 Å². The van der Waals surface area contributed by atoms with Crippen molar-refractivity contribution in [2.24, 2.45) is 0 Å². The van der Waals surface area contributed by atoms with Crippen LogP contribution in [-0.2, 0) is 11.2 Å². The summed E-state index contributed by atoms with van der Waals surface area (Å²) in [6.45, 7) is 0. The molecular formula is C14H13NO3S. The summed E-state index contributed by atoms with van der Waals surface area (Å²) in [5.41, 5.74) is 3.01. The monoisotopic (exact) mass is 275 g/mol. The van der Waals surface area contributed by atoms with E-state index in [1.807, 2.05) is 6.07 Å². The number of nitrogens with zero attached hydrogens (tertiary/aromatic N) is 1. The SMILES string of the molecule is O=C1CCSC2=C1CCCc1ccc([N+](=O)[O-])cc12. The molecule has 0 fully saturated rings. The molecule has 1 heterocycles. The van der Waals surface area contributed by atoms with E-state index in [1.165, 1.54) is 0 Å². The smallest absolute Gasteiger partial charge is 0.270 e. The zero-order valence-electron chi connectivity index (χ0n) is 10.3. The van der Waals surface area contributed by atoms with Gasteiger partial charge in [-0.3, -0.25) is 14.9 Å². The topological polar surface area (TPSA) is 60.2 Å². The molecule has 0 radical (unpaired) electrons. The van der Waals surface area contributed by atoms with Gasteiger partial charge in [-0.25, -0.2) is 0 Å². The Morgan fingerprint density at radius 1 is 1.21 bits per heavy atom. The van der Waals surface area contributed by atoms with Gasteiger partial charge in [-0.05, 0) is 30.4 Å². The fourth-order valence-corrected chi connectivity index (χ4v) is 3.89. The molecule has 0 aromatic heterocycles. The maximum Gasteiger partial charge on any atom is 0.270 e. The van der Waals surface area contributed by atoms with Gasteiger partial charge < -0.3 is 0 Å². The maximum absolute atomic E-state index is 12.0. The minimum absolute atomic E-state index is 0.103. The van der Waals surface area contributed by atoms with E-state index < -0.39 is 0 Å². The molecule has 0 bridgehead atoms. The lowest BCUT2D eigenvalue weighted by Crippen LogP contribution is -2.10. The summed E-state index contributed by atoms with van der Waals surface area (Å²) in [6.07, 6.45) is 3.21. The summed E-state index contributed by atoms with van der Waals surface area (Å²) < 4.78 is 0. The van der Waals surface area contributed by atoms with Crippen molar-refractivity contribution in [2.45, 2.75) is 25.7 Å². The van der Waals surface area contributed by atoms with Crippen LogP contribution in [0.25, 0.3) is 4.91 Å². The van der Waals surface area contributed by atoms with Crippen LogP contribution in [0.15, 0.2) is 23.8 Å². The van der Waals surface area contributed by atoms with Crippen molar-refractivity contribution in [3.05, 3.63) is 45.0 Å². The standard InChI is InChI=1S/C14H13NO3S/c16-13-6-7-19-14-11(13)3-1-2-9-4-5-10(15(17)18)8-12(9)14/h4-5,8H,1-3,6-7H2. The number of fused-ring (bicyclic) bond motifs is 2. The summed E-state index contributed by atoms with van der Waals surface area (Å²) in [4.78, 5) is 23.5. The molecule has 1 aliphatic carbocycles. The number of carbonyl (C=O) groups is 1. The van der Waals surface area contributed by atoms with Crippen LogP contribution >= 0.6 is 11.8 Å². The molecule has 0 spiro atoms. The zero-order valence-corrected chi connectivity index (χ0v) is 11.2. The third kappa shape index (κ3) is 2.18. The number of non-ortho nitro benzene ring substituents is 1. The third-order valence-corrected chi connectivity index (χ3v) is 4.77. The van der Waals surface area contributed by atoms with Crippen LogP contribution in [0, 0.1) is 10.1 Å². The Kier molecular flexibility index (Phi) is 3.14. The average Bonchev–Trinajstić information content (AvgIpc) is 2.58. The number of hydrogen-bond acceptors (Lipinski definition) is 4. The second-order valence-corrected chi connectivity index (χ2v) is 5.89. The first-order valence-electron chi connectivity index (χ1n) is 6.33. The first kappa shape index (κ1) is 12.4. The van der Waals surface area contributed by atoms with Gasteiger partial charge in [0, 0.05) is 34.8 Å². The molecule has 19 heavy (non-hydrogen) atoms. The van der Waals surface area contributed by atoms with E-state index in [0.29, 0.717) is 6.42 Å². The molecule has 4 nitrogen and oxygen atoms in total. The summed E-state index contributed by atoms with van der Waals surface area (Å²) in [7, 11) is 0. The zero-order chi connectivity index (χ0) is 13.4. The Bertz CT molecular complexity index is 607. The molecule has 0 atom stereocenters. The molecule has 0 saturated heterocycles. The van der Waals surface area contributed by atoms with Gasteiger partial charge in [0.25, 0.3) is 5.69 Å². The van der Waals surface area contributed by atoms with Crippen molar-refractivity contribution in [1.29, 1.82) is 0 Å². The van der Waals surface area contributed by atoms with Gasteiger partial charge in [0.1, 0.15) is 0 Å². The largest absolute Gasteiger partial charge is 0.294 e. The summed E-state index contributed by atoms with van der Waals surface area (Å²) in [5, 5.41) is 10.9. The molecule has 1 aliphatic heterocycles. The molecule has 0 saturated carbocycles. The minimum atomic E-state index is -0.374. The van der Waals surface area contributed by atoms with Crippen molar-refractivity contribution in [3.8, 4) is 0 Å². The first-order chi connectivity index (χ1) is 9.16. The fourth-order valence-electron chi connectivity index (χ4n) is 2.67. The Balaban J connectivity index is 2.18. The van der Waals surface area contributed by atoms with E-state index in [2.05, 4.69) is 0 Å². The van der Waals surface area contributed by atoms with E-state index in [4.69, 9.17) is 0 Å². The van der Waals surface area contributed by atoms with Crippen LogP contribution in [-0.4, -0.2) is 16.5 Å². The molecular weight excluding hydrogens is 262 g/mol. The second-order valence-electron chi connectivity index (χ2n) is 4.78. The molecule has 0 unspecified atom stereocenters. The quantitative estimate of drug-likeness (QED) is 0.582. The molecule has 0 N–H and O–H groups in total. The second kappa shape index (κ2) is 4.81. The van der Waals surface area contributed by atoms with Gasteiger partial charge in [-0.1, -0.05) is 6.07 Å². The normalized spacial score (nSPS) is 18.6. The number of nitro benzene ring substituents is 1. The molecule has 2 aliphatic rings. The van der Waals surface area contributed by atoms with Crippen LogP contribution in [0.3, 0.4) is 0 Å².